The first-order valence-corrected chi connectivity index (χ1v) is 10.3. The van der Waals surface area contributed by atoms with Gasteiger partial charge in [-0.15, -0.1) is 12.4 Å². The Bertz CT molecular complexity index is 914. The maximum absolute atomic E-state index is 13.0. The average molecular weight is 428 g/mol. The molecule has 3 rings (SSSR count). The zero-order chi connectivity index (χ0) is 19.4. The van der Waals surface area contributed by atoms with E-state index in [-0.39, 0.29) is 46.5 Å². The molecule has 1 saturated carbocycles. The molecule has 2 aromatic carbocycles. The molecule has 0 spiro atoms. The number of rotatable bonds is 5. The lowest BCUT2D eigenvalue weighted by Crippen LogP contribution is -2.40. The van der Waals surface area contributed by atoms with Gasteiger partial charge in [-0.25, -0.2) is 12.8 Å². The topological polar surface area (TPSA) is 101 Å². The molecule has 0 heterocycles. The predicted molar refractivity (Wildman–Crippen MR) is 109 cm³/mol. The number of amides is 1. The van der Waals surface area contributed by atoms with Crippen LogP contribution in [-0.4, -0.2) is 26.4 Å². The van der Waals surface area contributed by atoms with Crippen LogP contribution < -0.4 is 15.8 Å². The standard InChI is InChI=1S/C19H22FN3O3S.ClH/c20-14-4-8-17(9-5-14)23-27(25,26)18-3-1-2-13(12-18)19(24)22-16-10-6-15(21)7-11-16;/h1-5,8-9,12,15-16,23H,6-7,10-11,21H2,(H,22,24);1H. The van der Waals surface area contributed by atoms with Crippen LogP contribution in [0.4, 0.5) is 10.1 Å². The van der Waals surface area contributed by atoms with Crippen LogP contribution >= 0.6 is 12.4 Å². The van der Waals surface area contributed by atoms with Crippen LogP contribution in [0.2, 0.25) is 0 Å². The number of benzene rings is 2. The Kier molecular flexibility index (Phi) is 7.40. The van der Waals surface area contributed by atoms with E-state index in [1.807, 2.05) is 0 Å². The number of carbonyl (C=O) groups excluding carboxylic acids is 1. The van der Waals surface area contributed by atoms with Gasteiger partial charge in [-0.1, -0.05) is 6.07 Å². The zero-order valence-corrected chi connectivity index (χ0v) is 16.7. The number of hydrogen-bond acceptors (Lipinski definition) is 4. The summed E-state index contributed by atoms with van der Waals surface area (Å²) in [5, 5.41) is 2.94. The summed E-state index contributed by atoms with van der Waals surface area (Å²) in [6.45, 7) is 0. The molecule has 1 fully saturated rings. The Morgan fingerprint density at radius 1 is 1.04 bits per heavy atom. The number of anilines is 1. The molecule has 0 bridgehead atoms. The van der Waals surface area contributed by atoms with Gasteiger partial charge in [-0.2, -0.15) is 0 Å². The molecule has 6 nitrogen and oxygen atoms in total. The van der Waals surface area contributed by atoms with Gasteiger partial charge in [-0.05, 0) is 68.1 Å². The molecule has 0 radical (unpaired) electrons. The zero-order valence-electron chi connectivity index (χ0n) is 15.1. The van der Waals surface area contributed by atoms with Crippen LogP contribution in [0.15, 0.2) is 53.4 Å². The molecular weight excluding hydrogens is 405 g/mol. The van der Waals surface area contributed by atoms with Crippen molar-refractivity contribution in [3.63, 3.8) is 0 Å². The first-order chi connectivity index (χ1) is 12.8. The first kappa shape index (κ1) is 22.1. The van der Waals surface area contributed by atoms with Gasteiger partial charge in [0.15, 0.2) is 0 Å². The van der Waals surface area contributed by atoms with Crippen molar-refractivity contribution in [3.05, 3.63) is 59.9 Å². The van der Waals surface area contributed by atoms with Crippen molar-refractivity contribution in [3.8, 4) is 0 Å². The molecule has 1 aliphatic carbocycles. The summed E-state index contributed by atoms with van der Waals surface area (Å²) in [6, 6.07) is 11.0. The molecule has 4 N–H and O–H groups in total. The van der Waals surface area contributed by atoms with Crippen LogP contribution in [0.3, 0.4) is 0 Å². The van der Waals surface area contributed by atoms with Gasteiger partial charge >= 0.3 is 0 Å². The third-order valence-corrected chi connectivity index (χ3v) is 5.99. The normalized spacial score (nSPS) is 19.4. The van der Waals surface area contributed by atoms with E-state index >= 15 is 0 Å². The highest BCUT2D eigenvalue weighted by molar-refractivity contribution is 7.92. The van der Waals surface area contributed by atoms with E-state index in [4.69, 9.17) is 5.73 Å². The van der Waals surface area contributed by atoms with Gasteiger partial charge < -0.3 is 11.1 Å². The van der Waals surface area contributed by atoms with E-state index in [0.717, 1.165) is 37.8 Å². The smallest absolute Gasteiger partial charge is 0.261 e. The van der Waals surface area contributed by atoms with Crippen molar-refractivity contribution in [2.75, 3.05) is 4.72 Å². The molecule has 0 saturated heterocycles. The molecule has 1 aliphatic rings. The van der Waals surface area contributed by atoms with Crippen molar-refractivity contribution in [1.82, 2.24) is 5.32 Å². The monoisotopic (exact) mass is 427 g/mol. The number of sulfonamides is 1. The molecule has 9 heteroatoms. The molecule has 0 aromatic heterocycles. The lowest BCUT2D eigenvalue weighted by Gasteiger charge is -2.26. The first-order valence-electron chi connectivity index (χ1n) is 8.78. The van der Waals surface area contributed by atoms with E-state index in [9.17, 15) is 17.6 Å². The number of halogens is 2. The van der Waals surface area contributed by atoms with E-state index < -0.39 is 15.8 Å². The summed E-state index contributed by atoms with van der Waals surface area (Å²) in [6.07, 6.45) is 3.36. The van der Waals surface area contributed by atoms with Crippen molar-refractivity contribution in [2.24, 2.45) is 5.73 Å². The third kappa shape index (κ3) is 5.67. The summed E-state index contributed by atoms with van der Waals surface area (Å²) in [7, 11) is -3.89. The minimum atomic E-state index is -3.89. The average Bonchev–Trinajstić information content (AvgIpc) is 2.65. The fourth-order valence-corrected chi connectivity index (χ4v) is 4.17. The van der Waals surface area contributed by atoms with Crippen LogP contribution in [0.5, 0.6) is 0 Å². The fourth-order valence-electron chi connectivity index (χ4n) is 3.07. The molecule has 28 heavy (non-hydrogen) atoms. The van der Waals surface area contributed by atoms with Crippen molar-refractivity contribution < 1.29 is 17.6 Å². The van der Waals surface area contributed by atoms with Crippen molar-refractivity contribution in [1.29, 1.82) is 0 Å². The van der Waals surface area contributed by atoms with Crippen molar-refractivity contribution >= 4 is 34.0 Å². The third-order valence-electron chi connectivity index (χ3n) is 4.61. The van der Waals surface area contributed by atoms with E-state index in [2.05, 4.69) is 10.0 Å². The predicted octanol–water partition coefficient (Wildman–Crippen LogP) is 3.05. The maximum atomic E-state index is 13.0. The highest BCUT2D eigenvalue weighted by Gasteiger charge is 2.22. The fraction of sp³-hybridized carbons (Fsp3) is 0.316. The largest absolute Gasteiger partial charge is 0.349 e. The summed E-state index contributed by atoms with van der Waals surface area (Å²) in [5.41, 5.74) is 6.38. The molecule has 0 unspecified atom stereocenters. The van der Waals surface area contributed by atoms with Gasteiger partial charge in [0.05, 0.1) is 4.90 Å². The number of nitrogens with one attached hydrogen (secondary N) is 2. The number of hydrogen-bond donors (Lipinski definition) is 3. The molecule has 152 valence electrons. The Balaban J connectivity index is 0.00000280. The summed E-state index contributed by atoms with van der Waals surface area (Å²) in [5.74, 6) is -0.769. The molecule has 0 atom stereocenters. The minimum absolute atomic E-state index is 0. The van der Waals surface area contributed by atoms with Gasteiger partial charge in [0, 0.05) is 23.3 Å². The van der Waals surface area contributed by atoms with Crippen LogP contribution in [-0.2, 0) is 10.0 Å². The lowest BCUT2D eigenvalue weighted by molar-refractivity contribution is 0.0925. The second-order valence-electron chi connectivity index (χ2n) is 6.73. The summed E-state index contributed by atoms with van der Waals surface area (Å²) < 4.78 is 40.4. The van der Waals surface area contributed by atoms with Gasteiger partial charge in [0.2, 0.25) is 0 Å². The van der Waals surface area contributed by atoms with Crippen LogP contribution in [0, 0.1) is 5.82 Å². The van der Waals surface area contributed by atoms with Gasteiger partial charge in [-0.3, -0.25) is 9.52 Å². The Labute approximate surface area is 170 Å². The number of carbonyl (C=O) groups is 1. The highest BCUT2D eigenvalue weighted by atomic mass is 35.5. The summed E-state index contributed by atoms with van der Waals surface area (Å²) >= 11 is 0. The second-order valence-corrected chi connectivity index (χ2v) is 8.41. The molecule has 1 amide bonds. The number of nitrogens with two attached hydrogens (primary N) is 1. The van der Waals surface area contributed by atoms with Gasteiger partial charge in [0.25, 0.3) is 15.9 Å². The van der Waals surface area contributed by atoms with Crippen LogP contribution in [0.1, 0.15) is 36.0 Å². The molecular formula is C19H23ClFN3O3S. The quantitative estimate of drug-likeness (QED) is 0.682. The van der Waals surface area contributed by atoms with Gasteiger partial charge in [0.1, 0.15) is 5.82 Å². The van der Waals surface area contributed by atoms with E-state index in [1.54, 1.807) is 6.07 Å². The SMILES string of the molecule is Cl.NC1CCC(NC(=O)c2cccc(S(=O)(=O)Nc3ccc(F)cc3)c2)CC1. The highest BCUT2D eigenvalue weighted by Crippen LogP contribution is 2.20. The molecule has 0 aliphatic heterocycles. The summed E-state index contributed by atoms with van der Waals surface area (Å²) in [4.78, 5) is 12.4. The van der Waals surface area contributed by atoms with Crippen molar-refractivity contribution in [2.45, 2.75) is 42.7 Å². The van der Waals surface area contributed by atoms with Crippen LogP contribution in [0.25, 0.3) is 0 Å². The Hall–Kier alpha value is -2.16. The van der Waals surface area contributed by atoms with E-state index in [0.29, 0.717) is 0 Å². The second kappa shape index (κ2) is 9.36. The Morgan fingerprint density at radius 2 is 1.68 bits per heavy atom. The maximum Gasteiger partial charge on any atom is 0.261 e. The molecule has 2 aromatic rings. The van der Waals surface area contributed by atoms with E-state index in [1.165, 1.54) is 30.3 Å². The lowest BCUT2D eigenvalue weighted by atomic mass is 9.91. The minimum Gasteiger partial charge on any atom is -0.349 e. The Morgan fingerprint density at radius 3 is 2.32 bits per heavy atom.